The highest BCUT2D eigenvalue weighted by molar-refractivity contribution is 6.87. The van der Waals surface area contributed by atoms with Crippen molar-refractivity contribution in [3.63, 3.8) is 0 Å². The molecule has 0 aromatic carbocycles. The van der Waals surface area contributed by atoms with Gasteiger partial charge in [-0.3, -0.25) is 4.79 Å². The highest BCUT2D eigenvalue weighted by Crippen LogP contribution is 2.47. The lowest BCUT2D eigenvalue weighted by molar-refractivity contribution is -0.132. The van der Waals surface area contributed by atoms with Crippen LogP contribution in [0.1, 0.15) is 53.4 Å². The number of fused-ring (bicyclic) bond motifs is 1. The van der Waals surface area contributed by atoms with Crippen LogP contribution in [0.15, 0.2) is 10.9 Å². The van der Waals surface area contributed by atoms with Crippen LogP contribution in [-0.4, -0.2) is 24.9 Å². The molecule has 2 aliphatic heterocycles. The maximum atomic E-state index is 12.1. The van der Waals surface area contributed by atoms with E-state index in [0.29, 0.717) is 17.0 Å². The fourth-order valence-corrected chi connectivity index (χ4v) is 5.96. The van der Waals surface area contributed by atoms with Crippen LogP contribution in [0.3, 0.4) is 0 Å². The quantitative estimate of drug-likeness (QED) is 0.654. The summed E-state index contributed by atoms with van der Waals surface area (Å²) >= 11 is 0. The Bertz CT molecular complexity index is 403. The standard InChI is InChI=1S/C15H27NOSi/c1-11-13(18(5,6)15(2,3)4)10-12-8-7-9-14(17)16(11)12/h12H,7-10H2,1-6H3. The summed E-state index contributed by atoms with van der Waals surface area (Å²) in [5, 5.41) is 2.00. The van der Waals surface area contributed by atoms with E-state index in [2.05, 4.69) is 45.7 Å². The fraction of sp³-hybridized carbons (Fsp3) is 0.800. The monoisotopic (exact) mass is 265 g/mol. The first-order chi connectivity index (χ1) is 8.16. The second kappa shape index (κ2) is 4.22. The van der Waals surface area contributed by atoms with E-state index in [9.17, 15) is 4.79 Å². The lowest BCUT2D eigenvalue weighted by atomic mass is 10.0. The van der Waals surface area contributed by atoms with E-state index >= 15 is 0 Å². The molecule has 0 saturated carbocycles. The Balaban J connectivity index is 2.38. The molecule has 0 aliphatic carbocycles. The summed E-state index contributed by atoms with van der Waals surface area (Å²) < 4.78 is 0. The first kappa shape index (κ1) is 13.8. The van der Waals surface area contributed by atoms with Gasteiger partial charge in [-0.15, -0.1) is 0 Å². The maximum absolute atomic E-state index is 12.1. The molecule has 1 atom stereocenters. The number of carbonyl (C=O) groups excluding carboxylic acids is 1. The van der Waals surface area contributed by atoms with Crippen molar-refractivity contribution in [1.82, 2.24) is 4.90 Å². The van der Waals surface area contributed by atoms with Crippen molar-refractivity contribution in [2.75, 3.05) is 0 Å². The highest BCUT2D eigenvalue weighted by Gasteiger charge is 2.46. The third kappa shape index (κ3) is 1.96. The van der Waals surface area contributed by atoms with E-state index < -0.39 is 8.07 Å². The topological polar surface area (TPSA) is 20.3 Å². The molecule has 1 saturated heterocycles. The largest absolute Gasteiger partial charge is 0.314 e. The van der Waals surface area contributed by atoms with Gasteiger partial charge in [-0.05, 0) is 31.2 Å². The first-order valence-corrected chi connectivity index (χ1v) is 10.2. The SMILES string of the molecule is CC1=C([Si](C)(C)C(C)(C)C)CC2CCCC(=O)N12. The minimum atomic E-state index is -1.47. The Kier molecular flexibility index (Phi) is 3.25. The molecule has 18 heavy (non-hydrogen) atoms. The number of rotatable bonds is 1. The van der Waals surface area contributed by atoms with Crippen molar-refractivity contribution in [3.8, 4) is 0 Å². The second-order valence-corrected chi connectivity index (χ2v) is 12.8. The summed E-state index contributed by atoms with van der Waals surface area (Å²) in [6.45, 7) is 14.2. The van der Waals surface area contributed by atoms with Gasteiger partial charge in [-0.1, -0.05) is 39.1 Å². The Labute approximate surface area is 112 Å². The van der Waals surface area contributed by atoms with Crippen LogP contribution in [0.4, 0.5) is 0 Å². The van der Waals surface area contributed by atoms with E-state index in [4.69, 9.17) is 0 Å². The van der Waals surface area contributed by atoms with Crippen LogP contribution in [0.25, 0.3) is 0 Å². The summed E-state index contributed by atoms with van der Waals surface area (Å²) in [5.41, 5.74) is 1.30. The van der Waals surface area contributed by atoms with Crippen molar-refractivity contribution >= 4 is 14.0 Å². The average molecular weight is 265 g/mol. The van der Waals surface area contributed by atoms with Crippen molar-refractivity contribution in [1.29, 1.82) is 0 Å². The first-order valence-electron chi connectivity index (χ1n) is 7.18. The zero-order valence-electron chi connectivity index (χ0n) is 12.8. The van der Waals surface area contributed by atoms with Gasteiger partial charge in [0.2, 0.25) is 5.91 Å². The Morgan fingerprint density at radius 2 is 1.89 bits per heavy atom. The lowest BCUT2D eigenvalue weighted by Gasteiger charge is -2.38. The van der Waals surface area contributed by atoms with Gasteiger partial charge >= 0.3 is 0 Å². The average Bonchev–Trinajstić information content (AvgIpc) is 2.56. The van der Waals surface area contributed by atoms with Gasteiger partial charge in [0, 0.05) is 18.2 Å². The van der Waals surface area contributed by atoms with Gasteiger partial charge in [0.1, 0.15) is 0 Å². The van der Waals surface area contributed by atoms with E-state index in [0.717, 1.165) is 19.3 Å². The summed E-state index contributed by atoms with van der Waals surface area (Å²) in [7, 11) is -1.47. The summed E-state index contributed by atoms with van der Waals surface area (Å²) in [6.07, 6.45) is 4.17. The van der Waals surface area contributed by atoms with E-state index in [1.165, 1.54) is 12.1 Å². The minimum absolute atomic E-state index is 0.359. The molecule has 2 rings (SSSR count). The van der Waals surface area contributed by atoms with Crippen LogP contribution in [0.2, 0.25) is 18.1 Å². The van der Waals surface area contributed by atoms with E-state index in [-0.39, 0.29) is 0 Å². The van der Waals surface area contributed by atoms with Gasteiger partial charge in [-0.25, -0.2) is 0 Å². The van der Waals surface area contributed by atoms with Gasteiger partial charge in [0.25, 0.3) is 0 Å². The molecule has 0 bridgehead atoms. The molecule has 102 valence electrons. The van der Waals surface area contributed by atoms with Crippen LogP contribution in [0, 0.1) is 0 Å². The molecule has 1 amide bonds. The molecule has 0 spiro atoms. The lowest BCUT2D eigenvalue weighted by Crippen LogP contribution is -2.40. The van der Waals surface area contributed by atoms with Gasteiger partial charge < -0.3 is 4.90 Å². The molecule has 0 radical (unpaired) electrons. The molecular weight excluding hydrogens is 238 g/mol. The Morgan fingerprint density at radius 3 is 2.39 bits per heavy atom. The molecule has 2 heterocycles. The summed E-state index contributed by atoms with van der Waals surface area (Å²) in [5.74, 6) is 0.359. The molecule has 2 nitrogen and oxygen atoms in total. The molecule has 0 aromatic rings. The summed E-state index contributed by atoms with van der Waals surface area (Å²) in [6, 6.07) is 0.482. The van der Waals surface area contributed by atoms with Crippen molar-refractivity contribution in [3.05, 3.63) is 10.9 Å². The molecule has 0 aromatic heterocycles. The normalized spacial score (nSPS) is 25.8. The highest BCUT2D eigenvalue weighted by atomic mass is 28.3. The number of hydrogen-bond donors (Lipinski definition) is 0. The molecule has 1 fully saturated rings. The number of amides is 1. The van der Waals surface area contributed by atoms with Gasteiger partial charge in [0.05, 0.1) is 8.07 Å². The number of hydrogen-bond acceptors (Lipinski definition) is 1. The predicted molar refractivity (Wildman–Crippen MR) is 79.0 cm³/mol. The predicted octanol–water partition coefficient (Wildman–Crippen LogP) is 4.09. The van der Waals surface area contributed by atoms with E-state index in [1.54, 1.807) is 5.20 Å². The number of carbonyl (C=O) groups is 1. The third-order valence-electron chi connectivity index (χ3n) is 5.43. The molecule has 0 N–H and O–H groups in total. The number of piperidine rings is 1. The van der Waals surface area contributed by atoms with Crippen molar-refractivity contribution in [2.45, 2.75) is 77.6 Å². The third-order valence-corrected chi connectivity index (χ3v) is 11.3. The number of nitrogens with zero attached hydrogens (tertiary/aromatic N) is 1. The smallest absolute Gasteiger partial charge is 0.226 e. The van der Waals surface area contributed by atoms with Crippen LogP contribution < -0.4 is 0 Å². The number of allylic oxidation sites excluding steroid dienone is 1. The van der Waals surface area contributed by atoms with E-state index in [1.807, 2.05) is 0 Å². The molecule has 3 heteroatoms. The second-order valence-electron chi connectivity index (χ2n) is 7.45. The van der Waals surface area contributed by atoms with Crippen molar-refractivity contribution in [2.24, 2.45) is 0 Å². The maximum Gasteiger partial charge on any atom is 0.226 e. The minimum Gasteiger partial charge on any atom is -0.314 e. The zero-order chi connectivity index (χ0) is 13.7. The van der Waals surface area contributed by atoms with Crippen LogP contribution >= 0.6 is 0 Å². The van der Waals surface area contributed by atoms with Gasteiger partial charge in [0.15, 0.2) is 0 Å². The van der Waals surface area contributed by atoms with Crippen LogP contribution in [-0.2, 0) is 4.79 Å². The molecule has 1 unspecified atom stereocenters. The molecular formula is C15H27NOSi. The molecule has 2 aliphatic rings. The fourth-order valence-electron chi connectivity index (χ4n) is 3.29. The van der Waals surface area contributed by atoms with Gasteiger partial charge in [-0.2, -0.15) is 0 Å². The summed E-state index contributed by atoms with van der Waals surface area (Å²) in [4.78, 5) is 14.2. The zero-order valence-corrected chi connectivity index (χ0v) is 13.8. The Morgan fingerprint density at radius 1 is 1.28 bits per heavy atom. The Hall–Kier alpha value is -0.573. The van der Waals surface area contributed by atoms with Crippen LogP contribution in [0.5, 0.6) is 0 Å². The van der Waals surface area contributed by atoms with Crippen molar-refractivity contribution < 1.29 is 4.79 Å².